The predicted octanol–water partition coefficient (Wildman–Crippen LogP) is 7.19. The van der Waals surface area contributed by atoms with Crippen LogP contribution in [0, 0.1) is 18.8 Å². The number of thiophene rings is 1. The lowest BCUT2D eigenvalue weighted by Crippen LogP contribution is -2.59. The fourth-order valence-corrected chi connectivity index (χ4v) is 12.8. The summed E-state index contributed by atoms with van der Waals surface area (Å²) in [4.78, 5) is 63.6. The van der Waals surface area contributed by atoms with Crippen molar-refractivity contribution in [2.45, 2.75) is 127 Å². The summed E-state index contributed by atoms with van der Waals surface area (Å²) >= 11 is 1.22. The van der Waals surface area contributed by atoms with Gasteiger partial charge in [0.15, 0.2) is 0 Å². The topological polar surface area (TPSA) is 156 Å². The van der Waals surface area contributed by atoms with Gasteiger partial charge in [0, 0.05) is 49.3 Å². The number of nitrogens with one attached hydrogen (secondary N) is 2. The van der Waals surface area contributed by atoms with Crippen molar-refractivity contribution >= 4 is 52.6 Å². The van der Waals surface area contributed by atoms with Gasteiger partial charge in [0.05, 0.1) is 24.2 Å². The van der Waals surface area contributed by atoms with E-state index in [1.54, 1.807) is 29.3 Å². The molecule has 2 unspecified atom stereocenters. The van der Waals surface area contributed by atoms with Crippen molar-refractivity contribution in [2.75, 3.05) is 33.4 Å². The monoisotopic (exact) mass is 865 g/mol. The number of aromatic nitrogens is 1. The average molecular weight is 866 g/mol. The number of hydrogen-bond donors (Lipinski definition) is 2. The van der Waals surface area contributed by atoms with Gasteiger partial charge in [0.1, 0.15) is 18.1 Å². The zero-order valence-electron chi connectivity index (χ0n) is 34.7. The van der Waals surface area contributed by atoms with Crippen LogP contribution >= 0.6 is 18.9 Å². The third-order valence-corrected chi connectivity index (χ3v) is 16.4. The summed E-state index contributed by atoms with van der Waals surface area (Å²) in [6.45, 7) is 5.06. The number of esters is 1. The Labute approximate surface area is 355 Å². The van der Waals surface area contributed by atoms with E-state index < -0.39 is 49.5 Å². The summed E-state index contributed by atoms with van der Waals surface area (Å²) in [6, 6.07) is 5.83. The van der Waals surface area contributed by atoms with Gasteiger partial charge < -0.3 is 29.1 Å². The van der Waals surface area contributed by atoms with Crippen molar-refractivity contribution < 1.29 is 42.1 Å². The number of ether oxygens (including phenoxy) is 2. The van der Waals surface area contributed by atoms with E-state index in [0.717, 1.165) is 49.7 Å². The van der Waals surface area contributed by atoms with Gasteiger partial charge >= 0.3 is 13.5 Å². The molecule has 5 aliphatic rings. The number of carbonyl (C=O) groups excluding carboxylic acids is 4. The quantitative estimate of drug-likeness (QED) is 0.119. The summed E-state index contributed by atoms with van der Waals surface area (Å²) < 4.78 is 48.8. The number of likely N-dealkylation sites (tertiary alicyclic amines) is 1. The Morgan fingerprint density at radius 1 is 1.03 bits per heavy atom. The number of alkyl halides is 1. The number of halogens is 1. The van der Waals surface area contributed by atoms with Crippen LogP contribution in [0.3, 0.4) is 0 Å². The highest BCUT2D eigenvalue weighted by Crippen LogP contribution is 2.60. The second-order valence-electron chi connectivity index (χ2n) is 17.4. The second-order valence-corrected chi connectivity index (χ2v) is 20.6. The fraction of sp³-hybridized carbons (Fsp3) is 0.614. The molecule has 0 spiro atoms. The van der Waals surface area contributed by atoms with Crippen LogP contribution < -0.4 is 10.4 Å². The summed E-state index contributed by atoms with van der Waals surface area (Å²) in [5.41, 5.74) is 2.38. The summed E-state index contributed by atoms with van der Waals surface area (Å²) in [6.07, 6.45) is 11.6. The molecule has 2 N–H and O–H groups in total. The van der Waals surface area contributed by atoms with E-state index in [1.165, 1.54) is 24.5 Å². The van der Waals surface area contributed by atoms with E-state index in [2.05, 4.69) is 22.3 Å². The van der Waals surface area contributed by atoms with E-state index in [0.29, 0.717) is 72.0 Å². The summed E-state index contributed by atoms with van der Waals surface area (Å²) in [7, 11) is -3.00. The molecule has 2 aromatic heterocycles. The van der Waals surface area contributed by atoms with Crippen LogP contribution in [-0.4, -0.2) is 102 Å². The lowest BCUT2D eigenvalue weighted by molar-refractivity contribution is -0.149. The maximum Gasteiger partial charge on any atom is 0.325 e. The molecule has 0 bridgehead atoms. The average Bonchev–Trinajstić information content (AvgIpc) is 3.57. The van der Waals surface area contributed by atoms with Crippen LogP contribution in [0.5, 0.6) is 0 Å². The number of aryl methyl sites for hydroxylation is 1. The SMILES string of the molecule is CCCOC(=O)[C@H](COC)NP(=O)(OC1CCCCC1)C(F)c1ccc2sc(C(=O)N[C@H]3C[C@@H]4C[C@@H]4C[C@H]4CC[C@@H](C(=O)N5CC(c6cnccc6C)C5)N4C3=O)cc2c1. The van der Waals surface area contributed by atoms with Crippen LogP contribution in [0.1, 0.15) is 116 Å². The van der Waals surface area contributed by atoms with Crippen LogP contribution in [0.15, 0.2) is 42.7 Å². The first kappa shape index (κ1) is 42.9. The molecule has 3 amide bonds. The molecule has 1 aromatic carbocycles. The van der Waals surface area contributed by atoms with Crippen molar-refractivity contribution in [1.29, 1.82) is 0 Å². The molecule has 3 aliphatic heterocycles. The minimum atomic E-state index is -4.39. The van der Waals surface area contributed by atoms with Crippen molar-refractivity contribution in [3.63, 3.8) is 0 Å². The Kier molecular flexibility index (Phi) is 13.1. The molecule has 3 aromatic rings. The van der Waals surface area contributed by atoms with Crippen LogP contribution in [0.4, 0.5) is 4.39 Å². The number of benzene rings is 1. The number of hydrogen-bond acceptors (Lipinski definition) is 10. The van der Waals surface area contributed by atoms with Crippen molar-refractivity contribution in [3.05, 3.63) is 64.3 Å². The van der Waals surface area contributed by atoms with Gasteiger partial charge in [-0.2, -0.15) is 0 Å². The molecule has 60 heavy (non-hydrogen) atoms. The minimum absolute atomic E-state index is 0.0253. The van der Waals surface area contributed by atoms with Crippen molar-refractivity contribution in [1.82, 2.24) is 25.2 Å². The maximum absolute atomic E-state index is 16.8. The fourth-order valence-electron chi connectivity index (χ4n) is 9.74. The second kappa shape index (κ2) is 18.3. The van der Waals surface area contributed by atoms with Gasteiger partial charge in [0.25, 0.3) is 5.91 Å². The molecule has 13 nitrogen and oxygen atoms in total. The Balaban J connectivity index is 0.976. The van der Waals surface area contributed by atoms with E-state index >= 15 is 4.39 Å². The lowest BCUT2D eigenvalue weighted by Gasteiger charge is -2.43. The first-order chi connectivity index (χ1) is 29.0. The third-order valence-electron chi connectivity index (χ3n) is 13.1. The predicted molar refractivity (Wildman–Crippen MR) is 225 cm³/mol. The molecule has 2 saturated carbocycles. The van der Waals surface area contributed by atoms with Gasteiger partial charge in [0.2, 0.25) is 17.7 Å². The molecular formula is C44H57FN5O8PS. The number of pyridine rings is 1. The van der Waals surface area contributed by atoms with Crippen LogP contribution in [0.2, 0.25) is 0 Å². The molecule has 2 aliphatic carbocycles. The van der Waals surface area contributed by atoms with Crippen LogP contribution in [0.25, 0.3) is 10.1 Å². The number of fused-ring (bicyclic) bond motifs is 3. The number of rotatable bonds is 15. The van der Waals surface area contributed by atoms with Gasteiger partial charge in [-0.3, -0.25) is 28.7 Å². The highest BCUT2D eigenvalue weighted by Gasteiger charge is 2.53. The van der Waals surface area contributed by atoms with Gasteiger partial charge in [-0.25, -0.2) is 9.48 Å². The van der Waals surface area contributed by atoms with E-state index in [1.807, 2.05) is 24.1 Å². The molecule has 5 fully saturated rings. The maximum atomic E-state index is 16.8. The first-order valence-corrected chi connectivity index (χ1v) is 24.2. The third kappa shape index (κ3) is 9.07. The Bertz CT molecular complexity index is 2130. The van der Waals surface area contributed by atoms with E-state index in [9.17, 15) is 23.7 Å². The largest absolute Gasteiger partial charge is 0.464 e. The molecular weight excluding hydrogens is 809 g/mol. The Hall–Kier alpha value is -3.75. The Morgan fingerprint density at radius 3 is 2.57 bits per heavy atom. The Morgan fingerprint density at radius 2 is 1.82 bits per heavy atom. The molecule has 3 saturated heterocycles. The molecule has 8 atom stereocenters. The molecule has 8 rings (SSSR count). The molecule has 16 heteroatoms. The lowest BCUT2D eigenvalue weighted by atomic mass is 9.89. The highest BCUT2D eigenvalue weighted by molar-refractivity contribution is 7.57. The zero-order valence-corrected chi connectivity index (χ0v) is 36.4. The molecule has 0 radical (unpaired) electrons. The smallest absolute Gasteiger partial charge is 0.325 e. The number of carbonyl (C=O) groups is 4. The van der Waals surface area contributed by atoms with Gasteiger partial charge in [-0.15, -0.1) is 11.3 Å². The van der Waals surface area contributed by atoms with Gasteiger partial charge in [-0.1, -0.05) is 32.3 Å². The van der Waals surface area contributed by atoms with E-state index in [-0.39, 0.29) is 42.6 Å². The van der Waals surface area contributed by atoms with Crippen LogP contribution in [-0.2, 0) is 32.9 Å². The minimum Gasteiger partial charge on any atom is -0.464 e. The highest BCUT2D eigenvalue weighted by atomic mass is 32.1. The number of methoxy groups -OCH3 is 1. The summed E-state index contributed by atoms with van der Waals surface area (Å²) in [5, 5.41) is 6.32. The zero-order chi connectivity index (χ0) is 42.1. The number of nitrogens with zero attached hydrogens (tertiary/aromatic N) is 3. The van der Waals surface area contributed by atoms with Crippen molar-refractivity contribution in [3.8, 4) is 0 Å². The molecule has 5 heterocycles. The van der Waals surface area contributed by atoms with E-state index in [4.69, 9.17) is 14.0 Å². The standard InChI is InChI=1S/C44H57FN5O8PS/c1-4-16-57-44(54)36(25-56-3)48-59(55,58-33-8-6-5-7-9-33)40(45)27-10-13-38-30(17-27)21-39(60-38)41(51)47-35-20-29-18-28(29)19-32-11-12-37(50(32)42(35)52)43(53)49-23-31(24-49)34-22-46-15-14-26(34)2/h10,13-15,17,21-22,28-29,31-33,35-37,40H,4-9,11-12,16,18-20,23-25H2,1-3H3,(H,47,51)(H,48,55)/t28-,29+,32-,35+,36+,37+,40?,59?/m1/s1. The van der Waals surface area contributed by atoms with Crippen molar-refractivity contribution in [2.24, 2.45) is 11.8 Å². The normalized spacial score (nSPS) is 26.5. The molecule has 324 valence electrons. The summed E-state index contributed by atoms with van der Waals surface area (Å²) in [5.74, 6) is -2.44. The number of amides is 3. The van der Waals surface area contributed by atoms with Gasteiger partial charge in [-0.05, 0) is 116 Å². The first-order valence-electron chi connectivity index (χ1n) is 21.7.